The van der Waals surface area contributed by atoms with Gasteiger partial charge in [-0.05, 0) is 45.3 Å². The molecule has 142 valence electrons. The maximum absolute atomic E-state index is 11.7. The average Bonchev–Trinajstić information content (AvgIpc) is 2.65. The van der Waals surface area contributed by atoms with E-state index in [4.69, 9.17) is 15.7 Å². The Morgan fingerprint density at radius 1 is 1.32 bits per heavy atom. The van der Waals surface area contributed by atoms with Crippen LogP contribution in [0.1, 0.15) is 11.1 Å². The van der Waals surface area contributed by atoms with Gasteiger partial charge < -0.3 is 10.5 Å². The highest BCUT2D eigenvalue weighted by atomic mass is 79.9. The van der Waals surface area contributed by atoms with Crippen molar-refractivity contribution in [3.8, 4) is 11.8 Å². The Labute approximate surface area is 167 Å². The number of nitrogens with one attached hydrogen (secondary N) is 1. The van der Waals surface area contributed by atoms with E-state index < -0.39 is 16.9 Å². The van der Waals surface area contributed by atoms with E-state index in [0.717, 1.165) is 0 Å². The molecule has 2 aromatic carbocycles. The van der Waals surface area contributed by atoms with Gasteiger partial charge in [0.1, 0.15) is 24.0 Å². The smallest absolute Gasteiger partial charge is 0.319 e. The number of nitrogens with zero attached hydrogens (tertiary/aromatic N) is 2. The molecule has 0 aliphatic rings. The zero-order valence-electron chi connectivity index (χ0n) is 14.2. The summed E-state index contributed by atoms with van der Waals surface area (Å²) in [5.74, 6) is -0.444. The van der Waals surface area contributed by atoms with Crippen molar-refractivity contribution in [2.24, 2.45) is 5.73 Å². The van der Waals surface area contributed by atoms with Crippen molar-refractivity contribution in [2.45, 2.75) is 6.61 Å². The van der Waals surface area contributed by atoms with Crippen LogP contribution in [0.25, 0.3) is 6.08 Å². The molecule has 0 bridgehead atoms. The number of hydrogen-bond acceptors (Lipinski definition) is 6. The minimum absolute atomic E-state index is 0.0288. The normalized spacial score (nSPS) is 10.6. The Bertz CT molecular complexity index is 1010. The van der Waals surface area contributed by atoms with Crippen molar-refractivity contribution in [3.05, 3.63) is 73.8 Å². The third kappa shape index (κ3) is 5.65. The molecular formula is C18H13BrN4O5. The molecule has 2 aromatic rings. The number of nitrogens with two attached hydrogens (primary N) is 1. The average molecular weight is 445 g/mol. The molecular weight excluding hydrogens is 432 g/mol. The molecule has 0 saturated carbocycles. The number of nitriles is 1. The maximum Gasteiger partial charge on any atom is 0.319 e. The van der Waals surface area contributed by atoms with Crippen LogP contribution in [-0.4, -0.2) is 16.9 Å². The molecule has 0 spiro atoms. The number of amides is 3. The van der Waals surface area contributed by atoms with Crippen LogP contribution in [0.15, 0.2) is 52.5 Å². The first-order valence-electron chi connectivity index (χ1n) is 7.68. The topological polar surface area (TPSA) is 148 Å². The highest BCUT2D eigenvalue weighted by molar-refractivity contribution is 9.10. The fourth-order valence-electron chi connectivity index (χ4n) is 2.14. The number of non-ortho nitro benzene ring substituents is 1. The molecule has 3 N–H and O–H groups in total. The Balaban J connectivity index is 2.14. The van der Waals surface area contributed by atoms with E-state index in [1.54, 1.807) is 36.4 Å². The lowest BCUT2D eigenvalue weighted by Crippen LogP contribution is -2.35. The Morgan fingerprint density at radius 2 is 2.07 bits per heavy atom. The highest BCUT2D eigenvalue weighted by Crippen LogP contribution is 2.28. The lowest BCUT2D eigenvalue weighted by molar-refractivity contribution is -0.384. The number of benzene rings is 2. The number of imide groups is 1. The Kier molecular flexibility index (Phi) is 6.84. The maximum atomic E-state index is 11.7. The lowest BCUT2D eigenvalue weighted by Gasteiger charge is -2.09. The number of rotatable bonds is 6. The van der Waals surface area contributed by atoms with Crippen LogP contribution in [0.4, 0.5) is 10.5 Å². The van der Waals surface area contributed by atoms with Gasteiger partial charge >= 0.3 is 6.03 Å². The molecule has 0 unspecified atom stereocenters. The molecule has 0 heterocycles. The third-order valence-electron chi connectivity index (χ3n) is 3.38. The van der Waals surface area contributed by atoms with Crippen LogP contribution in [0, 0.1) is 21.4 Å². The summed E-state index contributed by atoms with van der Waals surface area (Å²) in [5, 5.41) is 21.7. The summed E-state index contributed by atoms with van der Waals surface area (Å²) < 4.78 is 6.19. The van der Waals surface area contributed by atoms with E-state index in [2.05, 4.69) is 15.9 Å². The number of halogens is 1. The SMILES string of the molecule is N#C/C(=C/c1ccc(OCc2cccc([N+](=O)[O-])c2)c(Br)c1)C(=O)NC(N)=O. The summed E-state index contributed by atoms with van der Waals surface area (Å²) in [7, 11) is 0. The van der Waals surface area contributed by atoms with Crippen LogP contribution in [0.2, 0.25) is 0 Å². The predicted molar refractivity (Wildman–Crippen MR) is 103 cm³/mol. The molecule has 28 heavy (non-hydrogen) atoms. The monoisotopic (exact) mass is 444 g/mol. The first-order valence-corrected chi connectivity index (χ1v) is 8.47. The van der Waals surface area contributed by atoms with Crippen LogP contribution >= 0.6 is 15.9 Å². The predicted octanol–water partition coefficient (Wildman–Crippen LogP) is 3.04. The second-order valence-electron chi connectivity index (χ2n) is 5.39. The van der Waals surface area contributed by atoms with E-state index in [1.165, 1.54) is 18.2 Å². The largest absolute Gasteiger partial charge is 0.488 e. The van der Waals surface area contributed by atoms with Gasteiger partial charge in [-0.2, -0.15) is 5.26 Å². The van der Waals surface area contributed by atoms with E-state index >= 15 is 0 Å². The van der Waals surface area contributed by atoms with Gasteiger partial charge in [-0.1, -0.05) is 18.2 Å². The summed E-state index contributed by atoms with van der Waals surface area (Å²) in [4.78, 5) is 32.7. The molecule has 0 atom stereocenters. The zero-order valence-corrected chi connectivity index (χ0v) is 15.8. The molecule has 0 radical (unpaired) electrons. The molecule has 0 aliphatic carbocycles. The number of nitro groups is 1. The van der Waals surface area contributed by atoms with Gasteiger partial charge in [-0.3, -0.25) is 20.2 Å². The van der Waals surface area contributed by atoms with Gasteiger partial charge in [-0.25, -0.2) is 4.79 Å². The number of primary amides is 1. The molecule has 9 nitrogen and oxygen atoms in total. The van der Waals surface area contributed by atoms with Gasteiger partial charge in [0, 0.05) is 12.1 Å². The van der Waals surface area contributed by atoms with Crippen molar-refractivity contribution in [3.63, 3.8) is 0 Å². The number of urea groups is 1. The lowest BCUT2D eigenvalue weighted by atomic mass is 10.1. The molecule has 0 aliphatic heterocycles. The van der Waals surface area contributed by atoms with Crippen LogP contribution in [0.3, 0.4) is 0 Å². The van der Waals surface area contributed by atoms with Crippen molar-refractivity contribution in [1.82, 2.24) is 5.32 Å². The minimum atomic E-state index is -1.06. The summed E-state index contributed by atoms with van der Waals surface area (Å²) >= 11 is 3.33. The molecule has 0 saturated heterocycles. The number of carbonyl (C=O) groups excluding carboxylic acids is 2. The van der Waals surface area contributed by atoms with Crippen LogP contribution in [0.5, 0.6) is 5.75 Å². The van der Waals surface area contributed by atoms with Crippen molar-refractivity contribution in [2.75, 3.05) is 0 Å². The summed E-state index contributed by atoms with van der Waals surface area (Å²) in [6, 6.07) is 11.5. The summed E-state index contributed by atoms with van der Waals surface area (Å²) in [6.07, 6.45) is 1.29. The Morgan fingerprint density at radius 3 is 2.68 bits per heavy atom. The molecule has 0 fully saturated rings. The first kappa shape index (κ1) is 20.6. The van der Waals surface area contributed by atoms with E-state index in [1.807, 2.05) is 5.32 Å². The van der Waals surface area contributed by atoms with Gasteiger partial charge in [0.2, 0.25) is 0 Å². The second-order valence-corrected chi connectivity index (χ2v) is 6.25. The van der Waals surface area contributed by atoms with Gasteiger partial charge in [0.05, 0.1) is 9.40 Å². The van der Waals surface area contributed by atoms with E-state index in [-0.39, 0.29) is 17.9 Å². The Hall–Kier alpha value is -3.71. The van der Waals surface area contributed by atoms with Crippen LogP contribution in [-0.2, 0) is 11.4 Å². The molecule has 10 heteroatoms. The molecule has 2 rings (SSSR count). The van der Waals surface area contributed by atoms with E-state index in [0.29, 0.717) is 21.3 Å². The zero-order chi connectivity index (χ0) is 20.7. The number of hydrogen-bond donors (Lipinski definition) is 2. The number of ether oxygens (including phenoxy) is 1. The van der Waals surface area contributed by atoms with Crippen molar-refractivity contribution >= 4 is 39.6 Å². The van der Waals surface area contributed by atoms with Crippen LogP contribution < -0.4 is 15.8 Å². The first-order chi connectivity index (χ1) is 13.3. The van der Waals surface area contributed by atoms with Crippen molar-refractivity contribution < 1.29 is 19.2 Å². The fraction of sp³-hybridized carbons (Fsp3) is 0.0556. The highest BCUT2D eigenvalue weighted by Gasteiger charge is 2.12. The van der Waals surface area contributed by atoms with Gasteiger partial charge in [-0.15, -0.1) is 0 Å². The fourth-order valence-corrected chi connectivity index (χ4v) is 2.65. The van der Waals surface area contributed by atoms with Gasteiger partial charge in [0.15, 0.2) is 0 Å². The number of nitro benzene ring substituents is 1. The molecule has 3 amide bonds. The summed E-state index contributed by atoms with van der Waals surface area (Å²) in [6.45, 7) is 0.111. The minimum Gasteiger partial charge on any atom is -0.488 e. The molecule has 0 aromatic heterocycles. The third-order valence-corrected chi connectivity index (χ3v) is 4.00. The van der Waals surface area contributed by atoms with E-state index in [9.17, 15) is 19.7 Å². The standard InChI is InChI=1S/C18H13BrN4O5/c19-15-8-11(6-13(9-20)17(24)22-18(21)25)4-5-16(15)28-10-12-2-1-3-14(7-12)23(26)27/h1-8H,10H2,(H3,21,22,24,25)/b13-6-. The quantitative estimate of drug-likeness (QED) is 0.302. The number of carbonyl (C=O) groups is 2. The second kappa shape index (κ2) is 9.29. The van der Waals surface area contributed by atoms with Gasteiger partial charge in [0.25, 0.3) is 11.6 Å². The van der Waals surface area contributed by atoms with Crippen molar-refractivity contribution in [1.29, 1.82) is 5.26 Å². The summed E-state index contributed by atoms with van der Waals surface area (Å²) in [5.41, 5.74) is 5.67.